The third kappa shape index (κ3) is 3.47. The molecule has 15 heavy (non-hydrogen) atoms. The van der Waals surface area contributed by atoms with Gasteiger partial charge in [0.15, 0.2) is 0 Å². The van der Waals surface area contributed by atoms with E-state index in [-0.39, 0.29) is 0 Å². The number of nitrogens with one attached hydrogen (secondary N) is 1. The Morgan fingerprint density at radius 3 is 2.87 bits per heavy atom. The van der Waals surface area contributed by atoms with Gasteiger partial charge in [0, 0.05) is 24.2 Å². The fourth-order valence-corrected chi connectivity index (χ4v) is 1.36. The molecular weight excluding hydrogens is 208 g/mol. The molecule has 0 aliphatic carbocycles. The Hall–Kier alpha value is -1.17. The molecule has 0 aromatic heterocycles. The van der Waals surface area contributed by atoms with E-state index >= 15 is 0 Å². The van der Waals surface area contributed by atoms with Gasteiger partial charge in [0.25, 0.3) is 0 Å². The topological polar surface area (TPSA) is 38.0 Å². The van der Waals surface area contributed by atoms with E-state index in [1.165, 1.54) is 0 Å². The van der Waals surface area contributed by atoms with Gasteiger partial charge in [-0.15, -0.1) is 0 Å². The molecule has 0 aliphatic rings. The molecule has 1 aromatic rings. The molecule has 0 spiro atoms. The first-order chi connectivity index (χ1) is 7.15. The summed E-state index contributed by atoms with van der Waals surface area (Å²) in [6, 6.07) is 3.67. The number of benzene rings is 1. The minimum Gasteiger partial charge on any atom is -0.398 e. The third-order valence-corrected chi connectivity index (χ3v) is 2.39. The van der Waals surface area contributed by atoms with Crippen LogP contribution in [-0.2, 0) is 0 Å². The quantitative estimate of drug-likeness (QED) is 0.457. The minimum absolute atomic E-state index is 0.620. The van der Waals surface area contributed by atoms with E-state index in [0.717, 1.165) is 24.1 Å². The molecule has 0 atom stereocenters. The standard InChI is InChI=1S/C12H15ClN2/c1-9-7-10(5-3-4-6-15-2)11(13)8-12(9)14/h7-8,15H,4,6,14H2,1-2H3. The van der Waals surface area contributed by atoms with Gasteiger partial charge in [0.05, 0.1) is 5.02 Å². The van der Waals surface area contributed by atoms with Crippen molar-refractivity contribution in [3.63, 3.8) is 0 Å². The molecule has 0 fully saturated rings. The Morgan fingerprint density at radius 1 is 1.47 bits per heavy atom. The Morgan fingerprint density at radius 2 is 2.20 bits per heavy atom. The lowest BCUT2D eigenvalue weighted by Crippen LogP contribution is -2.05. The van der Waals surface area contributed by atoms with Crippen LogP contribution in [0.25, 0.3) is 0 Å². The van der Waals surface area contributed by atoms with Crippen LogP contribution in [-0.4, -0.2) is 13.6 Å². The maximum Gasteiger partial charge on any atom is 0.0583 e. The highest BCUT2D eigenvalue weighted by Crippen LogP contribution is 2.21. The maximum absolute atomic E-state index is 6.02. The molecule has 3 heteroatoms. The Bertz CT molecular complexity index is 402. The van der Waals surface area contributed by atoms with Crippen LogP contribution in [0.5, 0.6) is 0 Å². The van der Waals surface area contributed by atoms with Gasteiger partial charge in [-0.25, -0.2) is 0 Å². The molecule has 1 rings (SSSR count). The lowest BCUT2D eigenvalue weighted by Gasteiger charge is -2.02. The van der Waals surface area contributed by atoms with Crippen LogP contribution < -0.4 is 11.1 Å². The number of anilines is 1. The van der Waals surface area contributed by atoms with Gasteiger partial charge in [-0.2, -0.15) is 0 Å². The highest BCUT2D eigenvalue weighted by molar-refractivity contribution is 6.32. The van der Waals surface area contributed by atoms with E-state index in [9.17, 15) is 0 Å². The summed E-state index contributed by atoms with van der Waals surface area (Å²) in [5.74, 6) is 6.09. The zero-order chi connectivity index (χ0) is 11.3. The first-order valence-corrected chi connectivity index (χ1v) is 5.22. The number of aryl methyl sites for hydroxylation is 1. The molecule has 0 saturated heterocycles. The highest BCUT2D eigenvalue weighted by Gasteiger charge is 2.00. The molecule has 0 amide bonds. The van der Waals surface area contributed by atoms with Crippen molar-refractivity contribution in [1.82, 2.24) is 5.32 Å². The van der Waals surface area contributed by atoms with Crippen LogP contribution in [0.3, 0.4) is 0 Å². The number of hydrogen-bond donors (Lipinski definition) is 2. The Kier molecular flexibility index (Phi) is 4.48. The molecule has 0 unspecified atom stereocenters. The molecule has 0 bridgehead atoms. The van der Waals surface area contributed by atoms with Crippen molar-refractivity contribution < 1.29 is 0 Å². The number of nitrogens with two attached hydrogens (primary N) is 1. The van der Waals surface area contributed by atoms with Crippen LogP contribution in [0.2, 0.25) is 5.02 Å². The summed E-state index contributed by atoms with van der Waals surface area (Å²) >= 11 is 6.02. The fourth-order valence-electron chi connectivity index (χ4n) is 1.14. The van der Waals surface area contributed by atoms with E-state index in [0.29, 0.717) is 10.7 Å². The van der Waals surface area contributed by atoms with Crippen molar-refractivity contribution >= 4 is 17.3 Å². The van der Waals surface area contributed by atoms with E-state index in [1.54, 1.807) is 6.07 Å². The van der Waals surface area contributed by atoms with Crippen LogP contribution in [0.15, 0.2) is 12.1 Å². The van der Waals surface area contributed by atoms with Crippen molar-refractivity contribution in [3.05, 3.63) is 28.3 Å². The summed E-state index contributed by atoms with van der Waals surface area (Å²) in [7, 11) is 1.90. The largest absolute Gasteiger partial charge is 0.398 e. The monoisotopic (exact) mass is 222 g/mol. The first kappa shape index (κ1) is 11.9. The number of hydrogen-bond acceptors (Lipinski definition) is 2. The zero-order valence-electron chi connectivity index (χ0n) is 9.02. The minimum atomic E-state index is 0.620. The van der Waals surface area contributed by atoms with Crippen LogP contribution in [0, 0.1) is 18.8 Å². The summed E-state index contributed by atoms with van der Waals surface area (Å²) in [5, 5.41) is 3.65. The van der Waals surface area contributed by atoms with Crippen molar-refractivity contribution in [2.75, 3.05) is 19.3 Å². The molecule has 0 radical (unpaired) electrons. The Labute approximate surface area is 95.8 Å². The fraction of sp³-hybridized carbons (Fsp3) is 0.333. The van der Waals surface area contributed by atoms with Gasteiger partial charge in [0.2, 0.25) is 0 Å². The predicted octanol–water partition coefficient (Wildman–Crippen LogP) is 2.19. The number of halogens is 1. The van der Waals surface area contributed by atoms with Crippen molar-refractivity contribution in [2.45, 2.75) is 13.3 Å². The molecule has 80 valence electrons. The van der Waals surface area contributed by atoms with Crippen LogP contribution >= 0.6 is 11.6 Å². The van der Waals surface area contributed by atoms with Gasteiger partial charge >= 0.3 is 0 Å². The molecule has 3 N–H and O–H groups in total. The van der Waals surface area contributed by atoms with E-state index in [2.05, 4.69) is 17.2 Å². The smallest absolute Gasteiger partial charge is 0.0583 e. The normalized spacial score (nSPS) is 9.53. The molecule has 0 aliphatic heterocycles. The molecule has 0 saturated carbocycles. The van der Waals surface area contributed by atoms with Crippen molar-refractivity contribution in [1.29, 1.82) is 0 Å². The van der Waals surface area contributed by atoms with E-state index in [4.69, 9.17) is 17.3 Å². The second-order valence-electron chi connectivity index (χ2n) is 3.34. The summed E-state index contributed by atoms with van der Waals surface area (Å²) < 4.78 is 0. The molecule has 1 aromatic carbocycles. The summed E-state index contributed by atoms with van der Waals surface area (Å²) in [6.07, 6.45) is 0.816. The summed E-state index contributed by atoms with van der Waals surface area (Å²) in [6.45, 7) is 2.84. The van der Waals surface area contributed by atoms with Gasteiger partial charge in [-0.05, 0) is 31.7 Å². The average Bonchev–Trinajstić information content (AvgIpc) is 2.20. The second kappa shape index (κ2) is 5.65. The number of nitrogen functional groups attached to an aromatic ring is 1. The molecule has 2 nitrogen and oxygen atoms in total. The summed E-state index contributed by atoms with van der Waals surface area (Å²) in [5.41, 5.74) is 8.29. The van der Waals surface area contributed by atoms with Gasteiger partial charge in [-0.3, -0.25) is 0 Å². The second-order valence-corrected chi connectivity index (χ2v) is 3.75. The lowest BCUT2D eigenvalue weighted by atomic mass is 10.1. The van der Waals surface area contributed by atoms with E-state index < -0.39 is 0 Å². The summed E-state index contributed by atoms with van der Waals surface area (Å²) in [4.78, 5) is 0. The first-order valence-electron chi connectivity index (χ1n) is 4.84. The zero-order valence-corrected chi connectivity index (χ0v) is 9.78. The van der Waals surface area contributed by atoms with E-state index in [1.807, 2.05) is 20.0 Å². The van der Waals surface area contributed by atoms with Crippen molar-refractivity contribution in [2.24, 2.45) is 0 Å². The van der Waals surface area contributed by atoms with Gasteiger partial charge in [-0.1, -0.05) is 23.4 Å². The van der Waals surface area contributed by atoms with Gasteiger partial charge in [0.1, 0.15) is 0 Å². The SMILES string of the molecule is CNCCC#Cc1cc(C)c(N)cc1Cl. The average molecular weight is 223 g/mol. The van der Waals surface area contributed by atoms with Crippen LogP contribution in [0.4, 0.5) is 5.69 Å². The van der Waals surface area contributed by atoms with Gasteiger partial charge < -0.3 is 11.1 Å². The van der Waals surface area contributed by atoms with Crippen LogP contribution in [0.1, 0.15) is 17.5 Å². The highest BCUT2D eigenvalue weighted by atomic mass is 35.5. The number of rotatable bonds is 2. The van der Waals surface area contributed by atoms with Crippen molar-refractivity contribution in [3.8, 4) is 11.8 Å². The predicted molar refractivity (Wildman–Crippen MR) is 66.0 cm³/mol. The molecule has 0 heterocycles. The lowest BCUT2D eigenvalue weighted by molar-refractivity contribution is 0.818. The Balaban J connectivity index is 2.84. The molecular formula is C12H15ClN2. The maximum atomic E-state index is 6.02. The third-order valence-electron chi connectivity index (χ3n) is 2.08.